The Kier molecular flexibility index (Phi) is 5.08. The summed E-state index contributed by atoms with van der Waals surface area (Å²) in [5.74, 6) is 1.01. The molecule has 1 atom stereocenters. The third-order valence-electron chi connectivity index (χ3n) is 5.61. The topological polar surface area (TPSA) is 28.6 Å². The van der Waals surface area contributed by atoms with Crippen molar-refractivity contribution in [2.75, 3.05) is 38.2 Å². The van der Waals surface area contributed by atoms with E-state index in [1.807, 2.05) is 0 Å². The predicted molar refractivity (Wildman–Crippen MR) is 114 cm³/mol. The van der Waals surface area contributed by atoms with Gasteiger partial charge in [0.1, 0.15) is 12.4 Å². The van der Waals surface area contributed by atoms with Crippen molar-refractivity contribution in [3.8, 4) is 5.75 Å². The molecular formula is C22H29N3OS. The number of aromatic nitrogens is 1. The summed E-state index contributed by atoms with van der Waals surface area (Å²) in [5, 5.41) is 0. The zero-order chi connectivity index (χ0) is 19.0. The van der Waals surface area contributed by atoms with Gasteiger partial charge in [0.2, 0.25) is 0 Å². The molecule has 1 fully saturated rings. The number of hydrogen-bond acceptors (Lipinski definition) is 5. The number of rotatable bonds is 4. The Morgan fingerprint density at radius 3 is 2.67 bits per heavy atom. The van der Waals surface area contributed by atoms with E-state index in [0.717, 1.165) is 62.8 Å². The number of fused-ring (bicyclic) bond motifs is 1. The van der Waals surface area contributed by atoms with Gasteiger partial charge < -0.3 is 9.64 Å². The summed E-state index contributed by atoms with van der Waals surface area (Å²) < 4.78 is 5.89. The molecule has 1 aromatic carbocycles. The van der Waals surface area contributed by atoms with Gasteiger partial charge in [0, 0.05) is 36.3 Å². The molecule has 144 valence electrons. The maximum atomic E-state index is 5.86. The van der Waals surface area contributed by atoms with Crippen LogP contribution in [0.15, 0.2) is 30.3 Å². The number of anilines is 1. The molecule has 4 rings (SSSR count). The van der Waals surface area contributed by atoms with E-state index in [-0.39, 0.29) is 4.75 Å². The van der Waals surface area contributed by atoms with Crippen LogP contribution in [0.2, 0.25) is 0 Å². The molecule has 0 amide bonds. The van der Waals surface area contributed by atoms with Crippen molar-refractivity contribution in [3.63, 3.8) is 0 Å². The Labute approximate surface area is 167 Å². The van der Waals surface area contributed by atoms with Crippen molar-refractivity contribution < 1.29 is 4.74 Å². The van der Waals surface area contributed by atoms with Gasteiger partial charge in [0.15, 0.2) is 0 Å². The number of likely N-dealkylation sites (N-methyl/N-ethyl adjacent to an activating group) is 1. The molecule has 4 nitrogen and oxygen atoms in total. The van der Waals surface area contributed by atoms with Gasteiger partial charge in [-0.25, -0.2) is 0 Å². The lowest BCUT2D eigenvalue weighted by atomic mass is 9.97. The Balaban J connectivity index is 1.42. The monoisotopic (exact) mass is 383 g/mol. The quantitative estimate of drug-likeness (QED) is 0.816. The minimum absolute atomic E-state index is 0.0329. The van der Waals surface area contributed by atoms with Crippen LogP contribution in [0.3, 0.4) is 0 Å². The largest absolute Gasteiger partial charge is 0.490 e. The minimum atomic E-state index is 0.0329. The SMILES string of the molecule is Cc1cc(C[C@@]2(S)CCN(Cc3ccc4c(c3)OCCN4C)C2)cc(C)n1. The first-order valence-electron chi connectivity index (χ1n) is 9.76. The van der Waals surface area contributed by atoms with Crippen molar-refractivity contribution in [1.82, 2.24) is 9.88 Å². The van der Waals surface area contributed by atoms with Crippen LogP contribution >= 0.6 is 12.6 Å². The van der Waals surface area contributed by atoms with Crippen LogP contribution in [0.5, 0.6) is 5.75 Å². The average Bonchev–Trinajstić information content (AvgIpc) is 2.94. The van der Waals surface area contributed by atoms with Crippen molar-refractivity contribution in [1.29, 1.82) is 0 Å². The molecule has 0 aliphatic carbocycles. The van der Waals surface area contributed by atoms with E-state index in [1.165, 1.54) is 16.8 Å². The summed E-state index contributed by atoms with van der Waals surface area (Å²) in [6, 6.07) is 11.0. The smallest absolute Gasteiger partial charge is 0.143 e. The maximum absolute atomic E-state index is 5.86. The fourth-order valence-electron chi connectivity index (χ4n) is 4.38. The highest BCUT2D eigenvalue weighted by Gasteiger charge is 2.35. The third-order valence-corrected chi connectivity index (χ3v) is 6.13. The molecule has 0 spiro atoms. The number of pyridine rings is 1. The number of likely N-dealkylation sites (tertiary alicyclic amines) is 1. The van der Waals surface area contributed by atoms with E-state index in [9.17, 15) is 0 Å². The Morgan fingerprint density at radius 2 is 1.89 bits per heavy atom. The first kappa shape index (κ1) is 18.6. The zero-order valence-electron chi connectivity index (χ0n) is 16.5. The van der Waals surface area contributed by atoms with Gasteiger partial charge in [0.05, 0.1) is 12.2 Å². The van der Waals surface area contributed by atoms with Gasteiger partial charge in [-0.1, -0.05) is 6.07 Å². The molecule has 2 aliphatic rings. The van der Waals surface area contributed by atoms with Crippen LogP contribution in [-0.2, 0) is 13.0 Å². The summed E-state index contributed by atoms with van der Waals surface area (Å²) >= 11 is 5.08. The van der Waals surface area contributed by atoms with Crippen molar-refractivity contribution in [2.24, 2.45) is 0 Å². The molecule has 0 saturated carbocycles. The highest BCUT2D eigenvalue weighted by atomic mass is 32.1. The van der Waals surface area contributed by atoms with Crippen LogP contribution in [0, 0.1) is 13.8 Å². The van der Waals surface area contributed by atoms with Gasteiger partial charge >= 0.3 is 0 Å². The molecule has 0 N–H and O–H groups in total. The molecule has 1 aromatic heterocycles. The summed E-state index contributed by atoms with van der Waals surface area (Å²) in [6.45, 7) is 8.90. The van der Waals surface area contributed by atoms with Crippen LogP contribution in [0.4, 0.5) is 5.69 Å². The van der Waals surface area contributed by atoms with Crippen molar-refractivity contribution in [2.45, 2.75) is 38.0 Å². The standard InChI is InChI=1S/C22H29N3OS/c1-16-10-19(11-17(2)23-16)13-22(27)6-7-25(15-22)14-18-4-5-20-21(12-18)26-9-8-24(20)3/h4-5,10-12,27H,6-9,13-15H2,1-3H3/t22-/m0/s1. The van der Waals surface area contributed by atoms with Crippen LogP contribution in [0.1, 0.15) is 28.9 Å². The lowest BCUT2D eigenvalue weighted by Crippen LogP contribution is -2.30. The Morgan fingerprint density at radius 1 is 1.11 bits per heavy atom. The summed E-state index contributed by atoms with van der Waals surface area (Å²) in [6.07, 6.45) is 2.11. The summed E-state index contributed by atoms with van der Waals surface area (Å²) in [7, 11) is 2.12. The minimum Gasteiger partial charge on any atom is -0.490 e. The van der Waals surface area contributed by atoms with Gasteiger partial charge in [-0.15, -0.1) is 0 Å². The second-order valence-corrected chi connectivity index (χ2v) is 9.14. The van der Waals surface area contributed by atoms with Gasteiger partial charge in [-0.3, -0.25) is 9.88 Å². The molecule has 0 unspecified atom stereocenters. The summed E-state index contributed by atoms with van der Waals surface area (Å²) in [5.41, 5.74) is 6.05. The second kappa shape index (κ2) is 7.36. The number of benzene rings is 1. The third kappa shape index (κ3) is 4.25. The van der Waals surface area contributed by atoms with E-state index in [1.54, 1.807) is 0 Å². The lowest BCUT2D eigenvalue weighted by Gasteiger charge is -2.28. The zero-order valence-corrected chi connectivity index (χ0v) is 17.4. The van der Waals surface area contributed by atoms with Gasteiger partial charge in [0.25, 0.3) is 0 Å². The van der Waals surface area contributed by atoms with E-state index < -0.39 is 0 Å². The van der Waals surface area contributed by atoms with Crippen LogP contribution < -0.4 is 9.64 Å². The molecule has 3 heterocycles. The van der Waals surface area contributed by atoms with Gasteiger partial charge in [-0.2, -0.15) is 12.6 Å². The molecule has 1 saturated heterocycles. The molecule has 5 heteroatoms. The number of thiol groups is 1. The Hall–Kier alpha value is -1.72. The Bertz CT molecular complexity index is 820. The number of aryl methyl sites for hydroxylation is 2. The maximum Gasteiger partial charge on any atom is 0.143 e. The fraction of sp³-hybridized carbons (Fsp3) is 0.500. The lowest BCUT2D eigenvalue weighted by molar-refractivity contribution is 0.306. The fourth-order valence-corrected chi connectivity index (χ4v) is 4.86. The second-order valence-electron chi connectivity index (χ2n) is 8.19. The molecule has 2 aliphatic heterocycles. The van der Waals surface area contributed by atoms with Crippen molar-refractivity contribution >= 4 is 18.3 Å². The van der Waals surface area contributed by atoms with Gasteiger partial charge in [-0.05, 0) is 68.6 Å². The first-order valence-corrected chi connectivity index (χ1v) is 10.2. The number of ether oxygens (including phenoxy) is 1. The van der Waals surface area contributed by atoms with E-state index in [2.05, 4.69) is 66.0 Å². The average molecular weight is 384 g/mol. The van der Waals surface area contributed by atoms with E-state index in [0.29, 0.717) is 0 Å². The highest BCUT2D eigenvalue weighted by Crippen LogP contribution is 2.35. The highest BCUT2D eigenvalue weighted by molar-refractivity contribution is 7.81. The van der Waals surface area contributed by atoms with Crippen LogP contribution in [-0.4, -0.2) is 47.9 Å². The van der Waals surface area contributed by atoms with E-state index in [4.69, 9.17) is 17.4 Å². The van der Waals surface area contributed by atoms with E-state index >= 15 is 0 Å². The molecule has 0 radical (unpaired) electrons. The first-order chi connectivity index (χ1) is 12.9. The number of hydrogen-bond donors (Lipinski definition) is 1. The van der Waals surface area contributed by atoms with Crippen LogP contribution in [0.25, 0.3) is 0 Å². The summed E-state index contributed by atoms with van der Waals surface area (Å²) in [4.78, 5) is 9.27. The molecule has 0 bridgehead atoms. The normalized spacial score (nSPS) is 22.6. The number of nitrogens with zero attached hydrogens (tertiary/aromatic N) is 3. The predicted octanol–water partition coefficient (Wildman–Crippen LogP) is 3.64. The van der Waals surface area contributed by atoms with Crippen molar-refractivity contribution in [3.05, 3.63) is 52.8 Å². The molecular weight excluding hydrogens is 354 g/mol. The molecule has 2 aromatic rings. The molecule has 27 heavy (non-hydrogen) atoms.